The molecule has 0 aliphatic rings. The molecule has 0 saturated heterocycles. The Hall–Kier alpha value is -2.69. The zero-order chi connectivity index (χ0) is 13.2. The van der Waals surface area contributed by atoms with Crippen molar-refractivity contribution in [2.75, 3.05) is 11.9 Å². The Morgan fingerprint density at radius 3 is 2.95 bits per heavy atom. The molecule has 1 aromatic carbocycles. The molecule has 0 radical (unpaired) electrons. The second-order valence-corrected chi connectivity index (χ2v) is 4.21. The number of nitrogens with one attached hydrogen (secondary N) is 1. The van der Waals surface area contributed by atoms with Crippen LogP contribution in [0.3, 0.4) is 0 Å². The van der Waals surface area contributed by atoms with Crippen LogP contribution in [0.5, 0.6) is 0 Å². The highest BCUT2D eigenvalue weighted by molar-refractivity contribution is 6.05. The summed E-state index contributed by atoms with van der Waals surface area (Å²) in [5, 5.41) is 1.12. The second kappa shape index (κ2) is 4.53. The molecule has 94 valence electrons. The fraction of sp³-hybridized carbons (Fsp3) is 0.0714. The van der Waals surface area contributed by atoms with Gasteiger partial charge in [-0.2, -0.15) is 0 Å². The number of aromatic nitrogens is 3. The Balaban J connectivity index is 1.94. The molecule has 0 aliphatic carbocycles. The molecule has 0 atom stereocenters. The first-order valence-corrected chi connectivity index (χ1v) is 5.87. The molecule has 0 bridgehead atoms. The number of hydrogen-bond donors (Lipinski definition) is 1. The lowest BCUT2D eigenvalue weighted by atomic mass is 10.2. The highest BCUT2D eigenvalue weighted by Gasteiger charge is 2.14. The summed E-state index contributed by atoms with van der Waals surface area (Å²) in [6.07, 6.45) is 4.80. The maximum absolute atomic E-state index is 12.2. The smallest absolute Gasteiger partial charge is 0.276 e. The molecule has 1 amide bonds. The number of benzene rings is 1. The monoisotopic (exact) mass is 252 g/mol. The Kier molecular flexibility index (Phi) is 2.72. The highest BCUT2D eigenvalue weighted by Crippen LogP contribution is 2.21. The van der Waals surface area contributed by atoms with Gasteiger partial charge in [-0.25, -0.2) is 9.97 Å². The third-order valence-corrected chi connectivity index (χ3v) is 3.03. The summed E-state index contributed by atoms with van der Waals surface area (Å²) in [5.41, 5.74) is 2.20. The van der Waals surface area contributed by atoms with Crippen molar-refractivity contribution < 1.29 is 4.79 Å². The molecule has 5 nitrogen and oxygen atoms in total. The van der Waals surface area contributed by atoms with Gasteiger partial charge < -0.3 is 9.88 Å². The Labute approximate surface area is 109 Å². The summed E-state index contributed by atoms with van der Waals surface area (Å²) in [6, 6.07) is 9.42. The molecule has 0 saturated carbocycles. The van der Waals surface area contributed by atoms with Gasteiger partial charge in [0.2, 0.25) is 0 Å². The lowest BCUT2D eigenvalue weighted by Gasteiger charge is -2.16. The summed E-state index contributed by atoms with van der Waals surface area (Å²) in [5.74, 6) is -0.159. The number of hydrogen-bond acceptors (Lipinski definition) is 3. The minimum absolute atomic E-state index is 0.159. The summed E-state index contributed by atoms with van der Waals surface area (Å²) in [7, 11) is 1.73. The predicted octanol–water partition coefficient (Wildman–Crippen LogP) is 2.23. The highest BCUT2D eigenvalue weighted by atomic mass is 16.2. The molecular formula is C14H12N4O. The molecule has 2 heterocycles. The topological polar surface area (TPSA) is 61.9 Å². The van der Waals surface area contributed by atoms with E-state index in [0.717, 1.165) is 16.6 Å². The summed E-state index contributed by atoms with van der Waals surface area (Å²) >= 11 is 0. The van der Waals surface area contributed by atoms with E-state index in [1.165, 1.54) is 6.33 Å². The molecule has 0 spiro atoms. The van der Waals surface area contributed by atoms with Crippen LogP contribution in [0.15, 0.2) is 49.1 Å². The van der Waals surface area contributed by atoms with E-state index < -0.39 is 0 Å². The van der Waals surface area contributed by atoms with Gasteiger partial charge in [0.25, 0.3) is 5.91 Å². The van der Waals surface area contributed by atoms with Crippen LogP contribution in [0, 0.1) is 0 Å². The van der Waals surface area contributed by atoms with Crippen molar-refractivity contribution in [1.29, 1.82) is 0 Å². The van der Waals surface area contributed by atoms with Crippen molar-refractivity contribution in [3.8, 4) is 0 Å². The molecule has 0 unspecified atom stereocenters. The molecule has 1 N–H and O–H groups in total. The first-order chi connectivity index (χ1) is 9.25. The first-order valence-electron chi connectivity index (χ1n) is 5.87. The van der Waals surface area contributed by atoms with E-state index in [2.05, 4.69) is 15.0 Å². The number of amides is 1. The van der Waals surface area contributed by atoms with E-state index in [-0.39, 0.29) is 5.91 Å². The molecule has 3 rings (SSSR count). The van der Waals surface area contributed by atoms with Crippen LogP contribution in [0.2, 0.25) is 0 Å². The number of fused-ring (bicyclic) bond motifs is 1. The number of carbonyl (C=O) groups is 1. The summed E-state index contributed by atoms with van der Waals surface area (Å²) in [4.78, 5) is 24.7. The third-order valence-electron chi connectivity index (χ3n) is 3.03. The van der Waals surface area contributed by atoms with E-state index in [9.17, 15) is 4.79 Å². The minimum Gasteiger partial charge on any atom is -0.361 e. The van der Waals surface area contributed by atoms with E-state index in [4.69, 9.17) is 0 Å². The fourth-order valence-corrected chi connectivity index (χ4v) is 1.95. The maximum Gasteiger partial charge on any atom is 0.276 e. The number of nitrogens with zero attached hydrogens (tertiary/aromatic N) is 3. The standard InChI is InChI=1S/C14H12N4O/c1-18(14(19)12-5-6-15-9-17-12)11-3-2-10-4-7-16-13(10)8-11/h2-9,16H,1H3. The van der Waals surface area contributed by atoms with Gasteiger partial charge in [0, 0.05) is 30.6 Å². The normalized spacial score (nSPS) is 10.6. The average molecular weight is 252 g/mol. The SMILES string of the molecule is CN(C(=O)c1ccncn1)c1ccc2cc[nH]c2c1. The molecule has 5 heteroatoms. The van der Waals surface area contributed by atoms with Crippen molar-refractivity contribution in [3.05, 3.63) is 54.7 Å². The Morgan fingerprint density at radius 2 is 2.16 bits per heavy atom. The van der Waals surface area contributed by atoms with Crippen LogP contribution in [0.25, 0.3) is 10.9 Å². The van der Waals surface area contributed by atoms with Crippen molar-refractivity contribution in [2.24, 2.45) is 0 Å². The number of H-pyrrole nitrogens is 1. The van der Waals surface area contributed by atoms with Crippen LogP contribution in [-0.2, 0) is 0 Å². The zero-order valence-corrected chi connectivity index (χ0v) is 10.4. The molecule has 0 fully saturated rings. The van der Waals surface area contributed by atoms with Gasteiger partial charge in [-0.1, -0.05) is 6.07 Å². The van der Waals surface area contributed by atoms with Crippen molar-refractivity contribution in [3.63, 3.8) is 0 Å². The van der Waals surface area contributed by atoms with Gasteiger partial charge in [-0.05, 0) is 29.7 Å². The van der Waals surface area contributed by atoms with Crippen molar-refractivity contribution in [2.45, 2.75) is 0 Å². The van der Waals surface area contributed by atoms with Gasteiger partial charge in [-0.15, -0.1) is 0 Å². The van der Waals surface area contributed by atoms with Crippen molar-refractivity contribution >= 4 is 22.5 Å². The van der Waals surface area contributed by atoms with E-state index in [1.807, 2.05) is 30.5 Å². The second-order valence-electron chi connectivity index (χ2n) is 4.21. The van der Waals surface area contributed by atoms with Crippen LogP contribution in [-0.4, -0.2) is 27.9 Å². The van der Waals surface area contributed by atoms with E-state index in [1.54, 1.807) is 24.2 Å². The summed E-state index contributed by atoms with van der Waals surface area (Å²) in [6.45, 7) is 0. The number of rotatable bonds is 2. The van der Waals surface area contributed by atoms with Crippen LogP contribution in [0.4, 0.5) is 5.69 Å². The average Bonchev–Trinajstić information content (AvgIpc) is 2.94. The molecule has 2 aromatic heterocycles. The van der Waals surface area contributed by atoms with Crippen LogP contribution in [0.1, 0.15) is 10.5 Å². The summed E-state index contributed by atoms with van der Waals surface area (Å²) < 4.78 is 0. The number of aromatic amines is 1. The molecule has 3 aromatic rings. The first kappa shape index (κ1) is 11.4. The van der Waals surface area contributed by atoms with Crippen molar-refractivity contribution in [1.82, 2.24) is 15.0 Å². The van der Waals surface area contributed by atoms with E-state index >= 15 is 0 Å². The van der Waals surface area contributed by atoms with Gasteiger partial charge in [-0.3, -0.25) is 4.79 Å². The Morgan fingerprint density at radius 1 is 1.26 bits per heavy atom. The molecular weight excluding hydrogens is 240 g/mol. The van der Waals surface area contributed by atoms with Crippen LogP contribution >= 0.6 is 0 Å². The quantitative estimate of drug-likeness (QED) is 0.760. The minimum atomic E-state index is -0.159. The van der Waals surface area contributed by atoms with Gasteiger partial charge >= 0.3 is 0 Å². The van der Waals surface area contributed by atoms with Gasteiger partial charge in [0.1, 0.15) is 12.0 Å². The van der Waals surface area contributed by atoms with E-state index in [0.29, 0.717) is 5.69 Å². The predicted molar refractivity (Wildman–Crippen MR) is 73.1 cm³/mol. The van der Waals surface area contributed by atoms with Crippen LogP contribution < -0.4 is 4.90 Å². The zero-order valence-electron chi connectivity index (χ0n) is 10.4. The number of carbonyl (C=O) groups excluding carboxylic acids is 1. The largest absolute Gasteiger partial charge is 0.361 e. The molecule has 0 aliphatic heterocycles. The lowest BCUT2D eigenvalue weighted by molar-refractivity contribution is 0.0988. The maximum atomic E-state index is 12.2. The lowest BCUT2D eigenvalue weighted by Crippen LogP contribution is -2.27. The molecule has 19 heavy (non-hydrogen) atoms. The van der Waals surface area contributed by atoms with Gasteiger partial charge in [0.15, 0.2) is 0 Å². The third kappa shape index (κ3) is 2.06. The van der Waals surface area contributed by atoms with Gasteiger partial charge in [0.05, 0.1) is 0 Å². The fourth-order valence-electron chi connectivity index (χ4n) is 1.95. The Bertz CT molecular complexity index is 720. The number of anilines is 1.